The molecule has 1 aromatic carbocycles. The number of likely N-dealkylation sites (tertiary alicyclic amines) is 1. The number of benzene rings is 1. The van der Waals surface area contributed by atoms with Crippen molar-refractivity contribution in [2.45, 2.75) is 39.3 Å². The summed E-state index contributed by atoms with van der Waals surface area (Å²) in [4.78, 5) is 38.5. The minimum atomic E-state index is -0.217. The number of nitrogens with zero attached hydrogens (tertiary/aromatic N) is 2. The van der Waals surface area contributed by atoms with Crippen LogP contribution in [0.25, 0.3) is 0 Å². The number of pyridine rings is 1. The zero-order chi connectivity index (χ0) is 20.8. The number of rotatable bonds is 7. The molecule has 1 amide bonds. The van der Waals surface area contributed by atoms with E-state index in [2.05, 4.69) is 10.2 Å². The molecule has 154 valence electrons. The average molecular weight is 397 g/mol. The quantitative estimate of drug-likeness (QED) is 0.727. The zero-order valence-corrected chi connectivity index (χ0v) is 16.9. The summed E-state index contributed by atoms with van der Waals surface area (Å²) in [5, 5.41) is 2.84. The fourth-order valence-corrected chi connectivity index (χ4v) is 3.52. The van der Waals surface area contributed by atoms with Crippen molar-refractivity contribution in [2.24, 2.45) is 0 Å². The Labute approximate surface area is 170 Å². The van der Waals surface area contributed by atoms with Gasteiger partial charge in [0.2, 0.25) is 11.3 Å². The Balaban J connectivity index is 1.75. The summed E-state index contributed by atoms with van der Waals surface area (Å²) in [6, 6.07) is 8.33. The van der Waals surface area contributed by atoms with Crippen LogP contribution in [0.4, 0.5) is 5.69 Å². The van der Waals surface area contributed by atoms with E-state index in [9.17, 15) is 14.4 Å². The standard InChI is InChI=1S/C22H27N3O4/c1-16(26)17-6-8-18(9-7-17)23-22(28)15-25-14-21(29-2)20(27)12-19(25)13-24-10-4-3-5-11-24/h6-9,12,14H,3-5,10-11,13,15H2,1-2H3,(H,23,28). The van der Waals surface area contributed by atoms with E-state index in [0.29, 0.717) is 17.8 Å². The predicted molar refractivity (Wildman–Crippen MR) is 111 cm³/mol. The first-order chi connectivity index (χ1) is 14.0. The van der Waals surface area contributed by atoms with E-state index < -0.39 is 0 Å². The third-order valence-corrected chi connectivity index (χ3v) is 5.13. The van der Waals surface area contributed by atoms with Crippen LogP contribution in [0.3, 0.4) is 0 Å². The van der Waals surface area contributed by atoms with Gasteiger partial charge < -0.3 is 14.6 Å². The lowest BCUT2D eigenvalue weighted by atomic mass is 10.1. The van der Waals surface area contributed by atoms with Gasteiger partial charge in [-0.25, -0.2) is 0 Å². The normalized spacial score (nSPS) is 14.4. The molecule has 1 fully saturated rings. The number of piperidine rings is 1. The van der Waals surface area contributed by atoms with Gasteiger partial charge in [-0.2, -0.15) is 0 Å². The van der Waals surface area contributed by atoms with Crippen LogP contribution in [-0.4, -0.2) is 41.4 Å². The highest BCUT2D eigenvalue weighted by molar-refractivity contribution is 5.95. The molecule has 7 heteroatoms. The van der Waals surface area contributed by atoms with Gasteiger partial charge in [-0.15, -0.1) is 0 Å². The first-order valence-corrected chi connectivity index (χ1v) is 9.87. The summed E-state index contributed by atoms with van der Waals surface area (Å²) in [6.07, 6.45) is 5.13. The summed E-state index contributed by atoms with van der Waals surface area (Å²) in [7, 11) is 1.45. The van der Waals surface area contributed by atoms with Crippen molar-refractivity contribution in [3.8, 4) is 5.75 Å². The van der Waals surface area contributed by atoms with E-state index in [-0.39, 0.29) is 29.4 Å². The van der Waals surface area contributed by atoms with E-state index in [1.165, 1.54) is 20.5 Å². The molecule has 0 radical (unpaired) electrons. The van der Waals surface area contributed by atoms with Crippen molar-refractivity contribution in [3.63, 3.8) is 0 Å². The predicted octanol–water partition coefficient (Wildman–Crippen LogP) is 2.68. The van der Waals surface area contributed by atoms with Crippen molar-refractivity contribution in [1.82, 2.24) is 9.47 Å². The van der Waals surface area contributed by atoms with Crippen molar-refractivity contribution in [2.75, 3.05) is 25.5 Å². The lowest BCUT2D eigenvalue weighted by Gasteiger charge is -2.27. The summed E-state index contributed by atoms with van der Waals surface area (Å²) in [5.41, 5.74) is 1.82. The van der Waals surface area contributed by atoms with Crippen molar-refractivity contribution < 1.29 is 14.3 Å². The van der Waals surface area contributed by atoms with E-state index >= 15 is 0 Å². The van der Waals surface area contributed by atoms with Gasteiger partial charge in [0.05, 0.1) is 13.3 Å². The number of anilines is 1. The van der Waals surface area contributed by atoms with Gasteiger partial charge >= 0.3 is 0 Å². The highest BCUT2D eigenvalue weighted by Gasteiger charge is 2.16. The number of ether oxygens (including phenoxy) is 1. The number of ketones is 1. The molecule has 7 nitrogen and oxygen atoms in total. The maximum Gasteiger partial charge on any atom is 0.244 e. The van der Waals surface area contributed by atoms with Crippen molar-refractivity contribution in [1.29, 1.82) is 0 Å². The molecule has 3 rings (SSSR count). The molecule has 1 aliphatic rings. The Hall–Kier alpha value is -2.93. The van der Waals surface area contributed by atoms with E-state index in [0.717, 1.165) is 31.6 Å². The van der Waals surface area contributed by atoms with Gasteiger partial charge in [0.15, 0.2) is 11.5 Å². The number of Topliss-reactive ketones (excluding diaryl/α,β-unsaturated/α-hetero) is 1. The third-order valence-electron chi connectivity index (χ3n) is 5.13. The minimum absolute atomic E-state index is 0.0226. The molecular weight excluding hydrogens is 370 g/mol. The molecule has 0 atom stereocenters. The Morgan fingerprint density at radius 3 is 2.41 bits per heavy atom. The van der Waals surface area contributed by atoms with Crippen molar-refractivity contribution >= 4 is 17.4 Å². The largest absolute Gasteiger partial charge is 0.491 e. The minimum Gasteiger partial charge on any atom is -0.491 e. The number of nitrogens with one attached hydrogen (secondary N) is 1. The molecule has 1 N–H and O–H groups in total. The number of carbonyl (C=O) groups is 2. The van der Waals surface area contributed by atoms with Crippen LogP contribution in [0, 0.1) is 0 Å². The molecule has 1 aromatic heterocycles. The second-order valence-electron chi connectivity index (χ2n) is 7.34. The molecule has 0 saturated carbocycles. The third kappa shape index (κ3) is 5.54. The van der Waals surface area contributed by atoms with Crippen LogP contribution in [-0.2, 0) is 17.9 Å². The van der Waals surface area contributed by atoms with Gasteiger partial charge in [0.1, 0.15) is 6.54 Å². The zero-order valence-electron chi connectivity index (χ0n) is 16.9. The van der Waals surface area contributed by atoms with Crippen LogP contribution in [0.2, 0.25) is 0 Å². The number of methoxy groups -OCH3 is 1. The molecule has 0 unspecified atom stereocenters. The molecule has 1 aliphatic heterocycles. The number of amides is 1. The first kappa shape index (κ1) is 20.8. The Bertz CT molecular complexity index is 928. The molecule has 0 spiro atoms. The van der Waals surface area contributed by atoms with Crippen LogP contribution in [0.15, 0.2) is 41.3 Å². The summed E-state index contributed by atoms with van der Waals surface area (Å²) >= 11 is 0. The molecule has 1 saturated heterocycles. The monoisotopic (exact) mass is 397 g/mol. The molecule has 2 heterocycles. The number of carbonyl (C=O) groups excluding carboxylic acids is 2. The van der Waals surface area contributed by atoms with Crippen LogP contribution >= 0.6 is 0 Å². The van der Waals surface area contributed by atoms with E-state index in [1.807, 2.05) is 0 Å². The summed E-state index contributed by atoms with van der Waals surface area (Å²) < 4.78 is 6.93. The second kappa shape index (κ2) is 9.52. The lowest BCUT2D eigenvalue weighted by Crippen LogP contribution is -2.32. The maximum absolute atomic E-state index is 12.6. The van der Waals surface area contributed by atoms with Gasteiger partial charge in [-0.05, 0) is 57.1 Å². The number of hydrogen-bond acceptors (Lipinski definition) is 5. The summed E-state index contributed by atoms with van der Waals surface area (Å²) in [6.45, 7) is 4.18. The highest BCUT2D eigenvalue weighted by atomic mass is 16.5. The Morgan fingerprint density at radius 2 is 1.79 bits per heavy atom. The fraction of sp³-hybridized carbons (Fsp3) is 0.409. The van der Waals surface area contributed by atoms with Gasteiger partial charge in [-0.1, -0.05) is 6.42 Å². The smallest absolute Gasteiger partial charge is 0.244 e. The maximum atomic E-state index is 12.6. The molecular formula is C22H27N3O4. The first-order valence-electron chi connectivity index (χ1n) is 9.87. The lowest BCUT2D eigenvalue weighted by molar-refractivity contribution is -0.116. The van der Waals surface area contributed by atoms with Gasteiger partial charge in [0, 0.05) is 29.6 Å². The van der Waals surface area contributed by atoms with E-state index in [4.69, 9.17) is 4.74 Å². The fourth-order valence-electron chi connectivity index (χ4n) is 3.52. The van der Waals surface area contributed by atoms with Gasteiger partial charge in [-0.3, -0.25) is 19.3 Å². The second-order valence-corrected chi connectivity index (χ2v) is 7.34. The van der Waals surface area contributed by atoms with Crippen LogP contribution in [0.5, 0.6) is 5.75 Å². The van der Waals surface area contributed by atoms with Crippen molar-refractivity contribution in [3.05, 3.63) is 58.0 Å². The Morgan fingerprint density at radius 1 is 1.10 bits per heavy atom. The molecule has 2 aromatic rings. The Kier molecular flexibility index (Phi) is 6.82. The summed E-state index contributed by atoms with van der Waals surface area (Å²) in [5.74, 6) is -0.0252. The van der Waals surface area contributed by atoms with Crippen LogP contribution < -0.4 is 15.5 Å². The van der Waals surface area contributed by atoms with E-state index in [1.54, 1.807) is 41.1 Å². The SMILES string of the molecule is COc1cn(CC(=O)Nc2ccc(C(C)=O)cc2)c(CN2CCCCC2)cc1=O. The highest BCUT2D eigenvalue weighted by Crippen LogP contribution is 2.15. The van der Waals surface area contributed by atoms with Crippen LogP contribution in [0.1, 0.15) is 42.2 Å². The number of aromatic nitrogens is 1. The molecule has 29 heavy (non-hydrogen) atoms. The average Bonchev–Trinajstić information content (AvgIpc) is 2.71. The molecule has 0 aliphatic carbocycles. The number of hydrogen-bond donors (Lipinski definition) is 1. The van der Waals surface area contributed by atoms with Gasteiger partial charge in [0.25, 0.3) is 0 Å². The topological polar surface area (TPSA) is 80.6 Å². The molecule has 0 bridgehead atoms.